The van der Waals surface area contributed by atoms with E-state index >= 15 is 0 Å². The quantitative estimate of drug-likeness (QED) is 0.354. The largest absolute Gasteiger partial charge is 0.135 e. The van der Waals surface area contributed by atoms with Gasteiger partial charge in [-0.2, -0.15) is 0 Å². The molecule has 1 aliphatic carbocycles. The van der Waals surface area contributed by atoms with E-state index in [0.29, 0.717) is 0 Å². The van der Waals surface area contributed by atoms with Crippen LogP contribution < -0.4 is 0 Å². The Morgan fingerprint density at radius 1 is 0.727 bits per heavy atom. The van der Waals surface area contributed by atoms with E-state index in [9.17, 15) is 0 Å². The minimum Gasteiger partial charge on any atom is -0.135 e. The van der Waals surface area contributed by atoms with Gasteiger partial charge in [0.2, 0.25) is 0 Å². The number of hydrogen-bond donors (Lipinski definition) is 0. The molecule has 0 bridgehead atoms. The minimum absolute atomic E-state index is 0.0648. The predicted octanol–water partition coefficient (Wildman–Crippen LogP) is 6.36. The maximum Gasteiger partial charge on any atom is 0.0358 e. The van der Waals surface area contributed by atoms with Crippen LogP contribution in [-0.4, -0.2) is 0 Å². The monoisotopic (exact) mass is 300 g/mol. The summed E-state index contributed by atoms with van der Waals surface area (Å²) in [7, 11) is 0. The van der Waals surface area contributed by atoms with Gasteiger partial charge in [-0.05, 0) is 34.4 Å². The van der Waals surface area contributed by atoms with E-state index in [1.54, 1.807) is 0 Å². The topological polar surface area (TPSA) is 0 Å². The standard InChI is InChI=1S/C21H16S/c1-21(2)16-9-5-3-7-13(16)14-11-12-18-19(20(14)21)15-8-4-6-10-17(15)22-18/h3-12H,1-2H3. The Morgan fingerprint density at radius 3 is 2.41 bits per heavy atom. The third-order valence-electron chi connectivity index (χ3n) is 5.06. The second-order valence-corrected chi connectivity index (χ2v) is 7.71. The van der Waals surface area contributed by atoms with Crippen molar-refractivity contribution >= 4 is 31.5 Å². The van der Waals surface area contributed by atoms with Crippen molar-refractivity contribution < 1.29 is 0 Å². The van der Waals surface area contributed by atoms with Gasteiger partial charge in [0, 0.05) is 25.6 Å². The molecule has 0 amide bonds. The Bertz CT molecular complexity index is 1050. The molecule has 0 fully saturated rings. The van der Waals surface area contributed by atoms with Crippen LogP contribution in [0.1, 0.15) is 25.0 Å². The van der Waals surface area contributed by atoms with Crippen molar-refractivity contribution in [3.05, 3.63) is 71.8 Å². The zero-order valence-corrected chi connectivity index (χ0v) is 13.5. The molecule has 0 aliphatic heterocycles. The van der Waals surface area contributed by atoms with Crippen LogP contribution in [0.3, 0.4) is 0 Å². The van der Waals surface area contributed by atoms with E-state index in [1.165, 1.54) is 42.4 Å². The van der Waals surface area contributed by atoms with Gasteiger partial charge in [-0.1, -0.05) is 62.4 Å². The fraction of sp³-hybridized carbons (Fsp3) is 0.143. The molecule has 1 heteroatoms. The highest BCUT2D eigenvalue weighted by Crippen LogP contribution is 2.53. The summed E-state index contributed by atoms with van der Waals surface area (Å²) < 4.78 is 2.79. The molecule has 0 unspecified atom stereocenters. The van der Waals surface area contributed by atoms with E-state index in [1.807, 2.05) is 11.3 Å². The molecule has 0 saturated heterocycles. The Morgan fingerprint density at radius 2 is 1.50 bits per heavy atom. The van der Waals surface area contributed by atoms with Crippen LogP contribution in [0.25, 0.3) is 31.3 Å². The number of fused-ring (bicyclic) bond motifs is 7. The smallest absolute Gasteiger partial charge is 0.0358 e. The Balaban J connectivity index is 2.03. The van der Waals surface area contributed by atoms with Crippen molar-refractivity contribution in [3.63, 3.8) is 0 Å². The van der Waals surface area contributed by atoms with Crippen LogP contribution in [0.2, 0.25) is 0 Å². The summed E-state index contributed by atoms with van der Waals surface area (Å²) in [6.07, 6.45) is 0. The molecule has 1 heterocycles. The summed E-state index contributed by atoms with van der Waals surface area (Å²) in [6.45, 7) is 4.73. The summed E-state index contributed by atoms with van der Waals surface area (Å²) >= 11 is 1.91. The molecule has 5 rings (SSSR count). The highest BCUT2D eigenvalue weighted by Gasteiger charge is 2.37. The van der Waals surface area contributed by atoms with Gasteiger partial charge in [0.25, 0.3) is 0 Å². The average molecular weight is 300 g/mol. The normalized spacial score (nSPS) is 15.2. The second-order valence-electron chi connectivity index (χ2n) is 6.63. The molecule has 0 saturated carbocycles. The maximum absolute atomic E-state index is 2.36. The molecule has 0 atom stereocenters. The fourth-order valence-electron chi connectivity index (χ4n) is 4.09. The van der Waals surface area contributed by atoms with Crippen molar-refractivity contribution in [1.82, 2.24) is 0 Å². The summed E-state index contributed by atoms with van der Waals surface area (Å²) in [5, 5.41) is 2.86. The average Bonchev–Trinajstić information content (AvgIpc) is 3.02. The molecule has 3 aromatic carbocycles. The predicted molar refractivity (Wildman–Crippen MR) is 96.9 cm³/mol. The summed E-state index contributed by atoms with van der Waals surface area (Å²) in [5.74, 6) is 0. The SMILES string of the molecule is CC1(C)c2ccccc2-c2ccc3sc4ccccc4c3c21. The van der Waals surface area contributed by atoms with Gasteiger partial charge in [-0.15, -0.1) is 11.3 Å². The first-order valence-corrected chi connectivity index (χ1v) is 8.54. The van der Waals surface area contributed by atoms with E-state index < -0.39 is 0 Å². The molecular formula is C21H16S. The molecule has 0 nitrogen and oxygen atoms in total. The first-order valence-electron chi connectivity index (χ1n) is 7.72. The van der Waals surface area contributed by atoms with Crippen molar-refractivity contribution in [2.24, 2.45) is 0 Å². The van der Waals surface area contributed by atoms with Gasteiger partial charge < -0.3 is 0 Å². The van der Waals surface area contributed by atoms with E-state index in [-0.39, 0.29) is 5.41 Å². The molecule has 0 radical (unpaired) electrons. The molecule has 0 spiro atoms. The first kappa shape index (κ1) is 12.4. The van der Waals surface area contributed by atoms with E-state index in [4.69, 9.17) is 0 Å². The lowest BCUT2D eigenvalue weighted by molar-refractivity contribution is 0.667. The minimum atomic E-state index is 0.0648. The number of rotatable bonds is 0. The highest BCUT2D eigenvalue weighted by atomic mass is 32.1. The molecule has 1 aromatic heterocycles. The van der Waals surface area contributed by atoms with E-state index in [0.717, 1.165) is 0 Å². The van der Waals surface area contributed by atoms with Crippen LogP contribution in [-0.2, 0) is 5.41 Å². The number of hydrogen-bond acceptors (Lipinski definition) is 1. The van der Waals surface area contributed by atoms with Crippen LogP contribution in [0.15, 0.2) is 60.7 Å². The molecular weight excluding hydrogens is 284 g/mol. The number of thiophene rings is 1. The lowest BCUT2D eigenvalue weighted by atomic mass is 9.80. The van der Waals surface area contributed by atoms with Gasteiger partial charge in [0.05, 0.1) is 0 Å². The Kier molecular flexibility index (Phi) is 2.26. The molecule has 4 aromatic rings. The Labute approximate surface area is 134 Å². The van der Waals surface area contributed by atoms with Crippen molar-refractivity contribution in [1.29, 1.82) is 0 Å². The molecule has 22 heavy (non-hydrogen) atoms. The maximum atomic E-state index is 2.36. The lowest BCUT2D eigenvalue weighted by Gasteiger charge is -2.22. The molecule has 1 aliphatic rings. The zero-order valence-electron chi connectivity index (χ0n) is 12.7. The third kappa shape index (κ3) is 1.37. The second kappa shape index (κ2) is 3.99. The van der Waals surface area contributed by atoms with Crippen molar-refractivity contribution in [2.45, 2.75) is 19.3 Å². The molecule has 0 N–H and O–H groups in total. The van der Waals surface area contributed by atoms with E-state index in [2.05, 4.69) is 74.5 Å². The Hall–Kier alpha value is -2.12. The van der Waals surface area contributed by atoms with Crippen molar-refractivity contribution in [3.8, 4) is 11.1 Å². The van der Waals surface area contributed by atoms with Gasteiger partial charge >= 0.3 is 0 Å². The number of benzene rings is 3. The first-order chi connectivity index (χ1) is 10.7. The molecule has 106 valence electrons. The van der Waals surface area contributed by atoms with Crippen LogP contribution in [0.4, 0.5) is 0 Å². The van der Waals surface area contributed by atoms with Gasteiger partial charge in [0.1, 0.15) is 0 Å². The van der Waals surface area contributed by atoms with Crippen LogP contribution in [0, 0.1) is 0 Å². The van der Waals surface area contributed by atoms with Gasteiger partial charge in [-0.3, -0.25) is 0 Å². The highest BCUT2D eigenvalue weighted by molar-refractivity contribution is 7.25. The fourth-order valence-corrected chi connectivity index (χ4v) is 5.20. The zero-order chi connectivity index (χ0) is 14.9. The summed E-state index contributed by atoms with van der Waals surface area (Å²) in [5.41, 5.74) is 5.84. The van der Waals surface area contributed by atoms with Gasteiger partial charge in [-0.25, -0.2) is 0 Å². The van der Waals surface area contributed by atoms with Crippen LogP contribution >= 0.6 is 11.3 Å². The third-order valence-corrected chi connectivity index (χ3v) is 6.20. The van der Waals surface area contributed by atoms with Crippen molar-refractivity contribution in [2.75, 3.05) is 0 Å². The van der Waals surface area contributed by atoms with Crippen LogP contribution in [0.5, 0.6) is 0 Å². The summed E-state index contributed by atoms with van der Waals surface area (Å²) in [6, 6.07) is 22.3. The summed E-state index contributed by atoms with van der Waals surface area (Å²) in [4.78, 5) is 0. The lowest BCUT2D eigenvalue weighted by Crippen LogP contribution is -2.15. The van der Waals surface area contributed by atoms with Gasteiger partial charge in [0.15, 0.2) is 0 Å².